The van der Waals surface area contributed by atoms with Gasteiger partial charge in [-0.2, -0.15) is 5.10 Å². The number of rotatable bonds is 6. The molecule has 1 aromatic heterocycles. The molecule has 2 heterocycles. The molecule has 31 heavy (non-hydrogen) atoms. The molecule has 1 saturated heterocycles. The van der Waals surface area contributed by atoms with Crippen molar-refractivity contribution in [1.82, 2.24) is 14.7 Å². The molecule has 3 aromatic rings. The molecule has 0 amide bonds. The van der Waals surface area contributed by atoms with Gasteiger partial charge in [0.15, 0.2) is 0 Å². The van der Waals surface area contributed by atoms with Gasteiger partial charge in [-0.25, -0.2) is 0 Å². The average Bonchev–Trinajstić information content (AvgIpc) is 3.07. The Labute approximate surface area is 185 Å². The zero-order chi connectivity index (χ0) is 22.0. The second-order valence-electron chi connectivity index (χ2n) is 8.91. The van der Waals surface area contributed by atoms with Gasteiger partial charge in [-0.1, -0.05) is 35.9 Å². The van der Waals surface area contributed by atoms with E-state index in [0.717, 1.165) is 60.7 Å². The van der Waals surface area contributed by atoms with Crippen molar-refractivity contribution >= 4 is 0 Å². The number of methoxy groups -OCH3 is 1. The molecule has 0 aliphatic carbocycles. The predicted molar refractivity (Wildman–Crippen MR) is 123 cm³/mol. The minimum absolute atomic E-state index is 0.698. The van der Waals surface area contributed by atoms with E-state index in [1.807, 2.05) is 17.7 Å². The number of aromatic nitrogens is 2. The molecule has 0 saturated carbocycles. The molecule has 0 atom stereocenters. The molecule has 5 nitrogen and oxygen atoms in total. The molecule has 1 N–H and O–H groups in total. The first kappa shape index (κ1) is 21.6. The van der Waals surface area contributed by atoms with Gasteiger partial charge in [0.05, 0.1) is 24.9 Å². The Kier molecular flexibility index (Phi) is 6.17. The molecule has 0 spiro atoms. The summed E-state index contributed by atoms with van der Waals surface area (Å²) >= 11 is 0. The third-order valence-electron chi connectivity index (χ3n) is 6.41. The summed E-state index contributed by atoms with van der Waals surface area (Å²) in [5.74, 6) is 0.892. The van der Waals surface area contributed by atoms with E-state index in [9.17, 15) is 5.11 Å². The summed E-state index contributed by atoms with van der Waals surface area (Å²) in [6, 6.07) is 16.8. The number of piperidine rings is 1. The van der Waals surface area contributed by atoms with E-state index in [1.54, 1.807) is 7.11 Å². The number of aryl methyl sites for hydroxylation is 3. The maximum absolute atomic E-state index is 11.2. The number of ether oxygens (including phenoxy) is 1. The Morgan fingerprint density at radius 2 is 1.77 bits per heavy atom. The van der Waals surface area contributed by atoms with Gasteiger partial charge in [-0.3, -0.25) is 9.58 Å². The van der Waals surface area contributed by atoms with Crippen molar-refractivity contribution in [3.63, 3.8) is 0 Å². The number of likely N-dealkylation sites (tertiary alicyclic amines) is 1. The largest absolute Gasteiger partial charge is 0.496 e. The van der Waals surface area contributed by atoms with Crippen LogP contribution in [-0.2, 0) is 18.7 Å². The average molecular weight is 420 g/mol. The Bertz CT molecular complexity index is 1050. The van der Waals surface area contributed by atoms with E-state index < -0.39 is 5.60 Å². The SMILES string of the molecule is COc1ccc(CN2CCC(O)(c3cccc(C)c3)CC2)cc1Cn1nc(C)cc1C. The van der Waals surface area contributed by atoms with Gasteiger partial charge in [0, 0.05) is 30.9 Å². The Balaban J connectivity index is 1.45. The molecule has 1 aliphatic rings. The van der Waals surface area contributed by atoms with E-state index in [1.165, 1.54) is 11.1 Å². The van der Waals surface area contributed by atoms with Crippen LogP contribution in [0.1, 0.15) is 46.5 Å². The molecule has 0 bridgehead atoms. The van der Waals surface area contributed by atoms with Gasteiger partial charge in [0.2, 0.25) is 0 Å². The van der Waals surface area contributed by atoms with Crippen LogP contribution in [0.5, 0.6) is 5.75 Å². The molecule has 5 heteroatoms. The lowest BCUT2D eigenvalue weighted by atomic mass is 9.84. The van der Waals surface area contributed by atoms with E-state index in [0.29, 0.717) is 6.54 Å². The van der Waals surface area contributed by atoms with Crippen LogP contribution in [0.2, 0.25) is 0 Å². The van der Waals surface area contributed by atoms with Crippen LogP contribution in [0.25, 0.3) is 0 Å². The van der Waals surface area contributed by atoms with E-state index in [2.05, 4.69) is 66.3 Å². The number of hydrogen-bond donors (Lipinski definition) is 1. The van der Waals surface area contributed by atoms with Gasteiger partial charge in [0.25, 0.3) is 0 Å². The summed E-state index contributed by atoms with van der Waals surface area (Å²) in [5.41, 5.74) is 6.10. The normalized spacial score (nSPS) is 16.4. The summed E-state index contributed by atoms with van der Waals surface area (Å²) in [7, 11) is 1.72. The molecule has 0 radical (unpaired) electrons. The van der Waals surface area contributed by atoms with Crippen LogP contribution in [0, 0.1) is 20.8 Å². The first-order chi connectivity index (χ1) is 14.9. The number of aliphatic hydroxyl groups is 1. The summed E-state index contributed by atoms with van der Waals surface area (Å²) in [4.78, 5) is 2.43. The number of benzene rings is 2. The van der Waals surface area contributed by atoms with Crippen LogP contribution < -0.4 is 4.74 Å². The van der Waals surface area contributed by atoms with Crippen molar-refractivity contribution in [2.75, 3.05) is 20.2 Å². The zero-order valence-electron chi connectivity index (χ0n) is 19.1. The van der Waals surface area contributed by atoms with Gasteiger partial charge in [-0.05, 0) is 62.9 Å². The summed E-state index contributed by atoms with van der Waals surface area (Å²) in [6.45, 7) is 9.51. The fraction of sp³-hybridized carbons (Fsp3) is 0.423. The van der Waals surface area contributed by atoms with E-state index in [-0.39, 0.29) is 0 Å². The highest BCUT2D eigenvalue weighted by atomic mass is 16.5. The van der Waals surface area contributed by atoms with Gasteiger partial charge in [-0.15, -0.1) is 0 Å². The fourth-order valence-corrected chi connectivity index (χ4v) is 4.61. The number of nitrogens with zero attached hydrogens (tertiary/aromatic N) is 3. The highest BCUT2D eigenvalue weighted by molar-refractivity contribution is 5.38. The molecular formula is C26H33N3O2. The van der Waals surface area contributed by atoms with Crippen LogP contribution in [0.3, 0.4) is 0 Å². The Morgan fingerprint density at radius 1 is 1.00 bits per heavy atom. The van der Waals surface area contributed by atoms with Gasteiger partial charge in [0.1, 0.15) is 5.75 Å². The standard InChI is InChI=1S/C26H33N3O2/c1-19-6-5-7-24(14-19)26(30)10-12-28(13-11-26)17-22-8-9-25(31-4)23(16-22)18-29-21(3)15-20(2)27-29/h5-9,14-16,30H,10-13,17-18H2,1-4H3. The maximum atomic E-state index is 11.2. The highest BCUT2D eigenvalue weighted by Crippen LogP contribution is 2.34. The van der Waals surface area contributed by atoms with Crippen LogP contribution in [0.4, 0.5) is 0 Å². The summed E-state index contributed by atoms with van der Waals surface area (Å²) in [6.07, 6.45) is 1.51. The zero-order valence-corrected chi connectivity index (χ0v) is 19.1. The second-order valence-corrected chi connectivity index (χ2v) is 8.91. The minimum Gasteiger partial charge on any atom is -0.496 e. The van der Waals surface area contributed by atoms with Crippen molar-refractivity contribution in [2.45, 2.75) is 52.3 Å². The second kappa shape index (κ2) is 8.85. The lowest BCUT2D eigenvalue weighted by molar-refractivity contribution is -0.0277. The highest BCUT2D eigenvalue weighted by Gasteiger charge is 2.33. The van der Waals surface area contributed by atoms with Crippen LogP contribution in [0.15, 0.2) is 48.5 Å². The van der Waals surface area contributed by atoms with Crippen molar-refractivity contribution in [3.05, 3.63) is 82.2 Å². The summed E-state index contributed by atoms with van der Waals surface area (Å²) < 4.78 is 7.63. The minimum atomic E-state index is -0.719. The quantitative estimate of drug-likeness (QED) is 0.645. The van der Waals surface area contributed by atoms with E-state index >= 15 is 0 Å². The van der Waals surface area contributed by atoms with Crippen LogP contribution in [-0.4, -0.2) is 40.0 Å². The third kappa shape index (κ3) is 4.83. The Hall–Kier alpha value is -2.63. The number of hydrogen-bond acceptors (Lipinski definition) is 4. The van der Waals surface area contributed by atoms with E-state index in [4.69, 9.17) is 4.74 Å². The molecule has 164 valence electrons. The molecule has 0 unspecified atom stereocenters. The predicted octanol–water partition coefficient (Wildman–Crippen LogP) is 4.35. The first-order valence-corrected chi connectivity index (χ1v) is 11.0. The molecule has 1 fully saturated rings. The van der Waals surface area contributed by atoms with Gasteiger partial charge >= 0.3 is 0 Å². The fourth-order valence-electron chi connectivity index (χ4n) is 4.61. The molecular weight excluding hydrogens is 386 g/mol. The molecule has 1 aliphatic heterocycles. The van der Waals surface area contributed by atoms with Crippen LogP contribution >= 0.6 is 0 Å². The van der Waals surface area contributed by atoms with Gasteiger partial charge < -0.3 is 9.84 Å². The van der Waals surface area contributed by atoms with Crippen molar-refractivity contribution in [1.29, 1.82) is 0 Å². The van der Waals surface area contributed by atoms with Crippen molar-refractivity contribution in [2.24, 2.45) is 0 Å². The van der Waals surface area contributed by atoms with Crippen molar-refractivity contribution in [3.8, 4) is 5.75 Å². The lowest BCUT2D eigenvalue weighted by Crippen LogP contribution is -2.42. The third-order valence-corrected chi connectivity index (χ3v) is 6.41. The topological polar surface area (TPSA) is 50.5 Å². The smallest absolute Gasteiger partial charge is 0.123 e. The van der Waals surface area contributed by atoms with Crippen molar-refractivity contribution < 1.29 is 9.84 Å². The molecule has 2 aromatic carbocycles. The molecule has 4 rings (SSSR count). The maximum Gasteiger partial charge on any atom is 0.123 e. The Morgan fingerprint density at radius 3 is 2.42 bits per heavy atom. The monoisotopic (exact) mass is 419 g/mol. The first-order valence-electron chi connectivity index (χ1n) is 11.0. The lowest BCUT2D eigenvalue weighted by Gasteiger charge is -2.38. The summed E-state index contributed by atoms with van der Waals surface area (Å²) in [5, 5.41) is 15.8.